The van der Waals surface area contributed by atoms with Crippen molar-refractivity contribution in [3.05, 3.63) is 4.91 Å². The molecule has 1 heterocycles. The first-order valence-electron chi connectivity index (χ1n) is 1.80. The Hall–Kier alpha value is -1.46. The van der Waals surface area contributed by atoms with Gasteiger partial charge in [-0.05, 0) is 0 Å². The minimum absolute atomic E-state index is 0.0972. The molecule has 6 nitrogen and oxygen atoms in total. The van der Waals surface area contributed by atoms with E-state index < -0.39 is 5.91 Å². The summed E-state index contributed by atoms with van der Waals surface area (Å²) in [6, 6.07) is 0. The lowest BCUT2D eigenvalue weighted by Crippen LogP contribution is -2.27. The lowest BCUT2D eigenvalue weighted by atomic mass is 10.7. The fourth-order valence-electron chi connectivity index (χ4n) is 0.328. The smallest absolute Gasteiger partial charge is 0.257 e. The second-order valence-corrected chi connectivity index (χ2v) is 1.21. The maximum atomic E-state index is 10.1. The molecule has 0 aromatic rings. The van der Waals surface area contributed by atoms with Gasteiger partial charge >= 0.3 is 12.1 Å². The van der Waals surface area contributed by atoms with Gasteiger partial charge in [0.05, 0.1) is 4.91 Å². The number of nitrogens with zero attached hydrogens (tertiary/aromatic N) is 2. The highest BCUT2D eigenvalue weighted by Gasteiger charge is 2.38. The Bertz CT molecular complexity index is 183. The van der Waals surface area contributed by atoms with Crippen molar-refractivity contribution in [1.82, 2.24) is 5.53 Å². The van der Waals surface area contributed by atoms with Crippen LogP contribution in [0.2, 0.25) is 0 Å². The number of hydrazone groups is 1. The molecule has 1 rings (SSSR count). The van der Waals surface area contributed by atoms with Crippen molar-refractivity contribution in [1.29, 1.82) is 0 Å². The molecular formula is C2H3N3O3+2. The van der Waals surface area contributed by atoms with Crippen molar-refractivity contribution in [3.8, 4) is 0 Å². The summed E-state index contributed by atoms with van der Waals surface area (Å²) < 4.78 is 0. The lowest BCUT2D eigenvalue weighted by Gasteiger charge is -1.67. The van der Waals surface area contributed by atoms with E-state index in [9.17, 15) is 9.70 Å². The van der Waals surface area contributed by atoms with Gasteiger partial charge in [-0.25, -0.2) is 4.79 Å². The zero-order chi connectivity index (χ0) is 6.15. The van der Waals surface area contributed by atoms with Crippen molar-refractivity contribution >= 4 is 12.1 Å². The third kappa shape index (κ3) is 0.512. The summed E-state index contributed by atoms with van der Waals surface area (Å²) in [5.74, 6) is -0.826. The predicted octanol–water partition coefficient (Wildman–Crippen LogP) is -1.80. The Balaban J connectivity index is 2.85. The first kappa shape index (κ1) is 4.69. The van der Waals surface area contributed by atoms with Gasteiger partial charge in [0.25, 0.3) is 4.87 Å². The molecule has 0 aromatic heterocycles. The number of rotatable bonds is 0. The standard InChI is InChI=1S/C2H2N3O3/c6-2-1-4(7)3-5(2)8/h1H,(H-,3,6,7,8)/q+1/p+1. The van der Waals surface area contributed by atoms with Crippen LogP contribution < -0.4 is 5.53 Å². The fourth-order valence-corrected chi connectivity index (χ4v) is 0.328. The maximum absolute atomic E-state index is 10.1. The molecule has 0 saturated heterocycles. The van der Waals surface area contributed by atoms with E-state index in [2.05, 4.69) is 0 Å². The van der Waals surface area contributed by atoms with Gasteiger partial charge in [0.2, 0.25) is 0 Å². The van der Waals surface area contributed by atoms with E-state index in [0.717, 1.165) is 0 Å². The molecule has 0 aromatic carbocycles. The summed E-state index contributed by atoms with van der Waals surface area (Å²) in [6.07, 6.45) is 0.715. The Kier molecular flexibility index (Phi) is 0.736. The first-order chi connectivity index (χ1) is 3.70. The third-order valence-corrected chi connectivity index (χ3v) is 0.626. The highest BCUT2D eigenvalue weighted by atomic mass is 16.5. The van der Waals surface area contributed by atoms with Crippen molar-refractivity contribution in [2.75, 3.05) is 0 Å². The van der Waals surface area contributed by atoms with Crippen LogP contribution in [-0.4, -0.2) is 27.0 Å². The number of nitroso groups, excluding NO2 is 1. The van der Waals surface area contributed by atoms with E-state index >= 15 is 0 Å². The topological polar surface area (TPSA) is 72.4 Å². The summed E-state index contributed by atoms with van der Waals surface area (Å²) in [4.78, 5) is 20.3. The van der Waals surface area contributed by atoms with E-state index in [1.54, 1.807) is 5.53 Å². The normalized spacial score (nSPS) is 18.2. The molecule has 42 valence electrons. The minimum atomic E-state index is -0.826. The van der Waals surface area contributed by atoms with Crippen LogP contribution in [0.25, 0.3) is 0 Å². The summed E-state index contributed by atoms with van der Waals surface area (Å²) in [5, 5.41) is 8.27. The Morgan fingerprint density at radius 3 is 2.50 bits per heavy atom. The van der Waals surface area contributed by atoms with E-state index in [1.165, 1.54) is 0 Å². The van der Waals surface area contributed by atoms with Gasteiger partial charge < -0.3 is 0 Å². The number of carbonyl (C=O) groups is 1. The van der Waals surface area contributed by atoms with Crippen LogP contribution in [0.3, 0.4) is 0 Å². The van der Waals surface area contributed by atoms with Gasteiger partial charge in [-0.3, -0.25) is 5.21 Å². The van der Waals surface area contributed by atoms with E-state index in [0.29, 0.717) is 6.21 Å². The molecule has 0 aliphatic carbocycles. The zero-order valence-corrected chi connectivity index (χ0v) is 3.74. The summed E-state index contributed by atoms with van der Waals surface area (Å²) in [6.45, 7) is 0. The van der Waals surface area contributed by atoms with Gasteiger partial charge in [-0.2, -0.15) is 0 Å². The minimum Gasteiger partial charge on any atom is -0.257 e. The van der Waals surface area contributed by atoms with Gasteiger partial charge in [-0.15, -0.1) is 0 Å². The molecule has 0 unspecified atom stereocenters. The largest absolute Gasteiger partial charge is 0.568 e. The second-order valence-electron chi connectivity index (χ2n) is 1.21. The van der Waals surface area contributed by atoms with Crippen LogP contribution in [0.5, 0.6) is 0 Å². The van der Waals surface area contributed by atoms with Crippen molar-refractivity contribution < 1.29 is 19.7 Å². The average Bonchev–Trinajstić information content (AvgIpc) is 1.85. The molecule has 0 atom stereocenters. The monoisotopic (exact) mass is 117 g/mol. The van der Waals surface area contributed by atoms with E-state index in [1.807, 2.05) is 0 Å². The summed E-state index contributed by atoms with van der Waals surface area (Å²) in [7, 11) is 0. The van der Waals surface area contributed by atoms with Crippen LogP contribution in [0.15, 0.2) is 0 Å². The fraction of sp³-hybridized carbons (Fsp3) is 0. The molecule has 6 heteroatoms. The van der Waals surface area contributed by atoms with Crippen LogP contribution in [0.4, 0.5) is 0 Å². The first-order valence-corrected chi connectivity index (χ1v) is 1.80. The van der Waals surface area contributed by atoms with Crippen molar-refractivity contribution in [3.63, 3.8) is 0 Å². The second kappa shape index (κ2) is 1.25. The van der Waals surface area contributed by atoms with Crippen molar-refractivity contribution in [2.24, 2.45) is 0 Å². The van der Waals surface area contributed by atoms with Crippen LogP contribution in [-0.2, 0) is 4.79 Å². The molecular weight excluding hydrogens is 114 g/mol. The van der Waals surface area contributed by atoms with Crippen LogP contribution in [0.1, 0.15) is 0 Å². The molecule has 0 saturated carbocycles. The van der Waals surface area contributed by atoms with E-state index in [4.69, 9.17) is 5.21 Å². The predicted molar refractivity (Wildman–Crippen MR) is 19.9 cm³/mol. The highest BCUT2D eigenvalue weighted by molar-refractivity contribution is 6.19. The number of carbonyl (C=O) groups excluding carboxylic acids is 1. The Labute approximate surface area is 43.5 Å². The molecule has 0 bridgehead atoms. The average molecular weight is 117 g/mol. The molecule has 8 heavy (non-hydrogen) atoms. The van der Waals surface area contributed by atoms with Crippen molar-refractivity contribution in [2.45, 2.75) is 0 Å². The number of hydrogen-bond donors (Lipinski definition) is 2. The molecule has 1 aliphatic rings. The number of hydrazine groups is 2. The van der Waals surface area contributed by atoms with Gasteiger partial charge in [-0.1, -0.05) is 0 Å². The molecule has 1 aliphatic heterocycles. The van der Waals surface area contributed by atoms with Crippen LogP contribution >= 0.6 is 0 Å². The van der Waals surface area contributed by atoms with Gasteiger partial charge in [0.15, 0.2) is 4.85 Å². The maximum Gasteiger partial charge on any atom is 0.568 e. The lowest BCUT2D eigenvalue weighted by molar-refractivity contribution is -0.903. The van der Waals surface area contributed by atoms with Gasteiger partial charge in [0, 0.05) is 0 Å². The highest BCUT2D eigenvalue weighted by Crippen LogP contribution is 1.74. The zero-order valence-electron chi connectivity index (χ0n) is 3.74. The molecule has 0 radical (unpaired) electrons. The number of hydrogen-bond acceptors (Lipinski definition) is 3. The summed E-state index contributed by atoms with van der Waals surface area (Å²) >= 11 is 0. The molecule has 1 amide bonds. The third-order valence-electron chi connectivity index (χ3n) is 0.626. The van der Waals surface area contributed by atoms with Gasteiger partial charge in [0.1, 0.15) is 5.53 Å². The molecule has 0 fully saturated rings. The Morgan fingerprint density at radius 2 is 2.38 bits per heavy atom. The Morgan fingerprint density at radius 1 is 1.75 bits per heavy atom. The van der Waals surface area contributed by atoms with Crippen LogP contribution in [0, 0.1) is 4.91 Å². The molecule has 2 N–H and O–H groups in total. The van der Waals surface area contributed by atoms with E-state index in [-0.39, 0.29) is 9.72 Å². The molecule has 0 spiro atoms. The summed E-state index contributed by atoms with van der Waals surface area (Å²) in [5.41, 5.74) is 1.73. The SMILES string of the molecule is O=C1C=[N+](O)N[N+]1=O. The number of nitrogens with one attached hydrogen (secondary N) is 1. The number of amides is 1. The quantitative estimate of drug-likeness (QED) is 0.290.